The number of nitrogens with one attached hydrogen (secondary N) is 7. The molecule has 0 bridgehead atoms. The summed E-state index contributed by atoms with van der Waals surface area (Å²) >= 11 is 2.25. The number of Topliss-reactive ketones (excluding diaryl/α,β-unsaturated/α-hetero) is 1. The van der Waals surface area contributed by atoms with Gasteiger partial charge in [-0.3, -0.25) is 24.0 Å². The van der Waals surface area contributed by atoms with Gasteiger partial charge in [0.05, 0.1) is 6.04 Å². The smallest absolute Gasteiger partial charge is 0.407 e. The van der Waals surface area contributed by atoms with E-state index in [1.165, 1.54) is 5.56 Å². The number of aryl methyl sites for hydroxylation is 1. The number of urea groups is 1. The Hall–Kier alpha value is -4.49. The third kappa shape index (κ3) is 35.9. The average molecular weight is 1210 g/mol. The number of ketones is 1. The van der Waals surface area contributed by atoms with Gasteiger partial charge in [0.2, 0.25) is 23.6 Å². The van der Waals surface area contributed by atoms with Crippen LogP contribution in [0.5, 0.6) is 0 Å². The first-order chi connectivity index (χ1) is 36.0. The lowest BCUT2D eigenvalue weighted by Crippen LogP contribution is -2.53. The number of amides is 7. The number of esters is 1. The number of rotatable bonds is 34. The summed E-state index contributed by atoms with van der Waals surface area (Å²) < 4.78 is 11.8. The van der Waals surface area contributed by atoms with Crippen LogP contribution in [0.3, 0.4) is 0 Å². The van der Waals surface area contributed by atoms with Gasteiger partial charge in [-0.2, -0.15) is 0 Å². The largest absolute Gasteiger partial charge is 0.454 e. The zero-order chi connectivity index (χ0) is 59.3. The average Bonchev–Trinajstić information content (AvgIpc) is 3.29. The first-order valence-corrected chi connectivity index (χ1v) is 29.8. The maximum Gasteiger partial charge on any atom is 0.407 e. The normalized spacial score (nSPS) is 13.7. The van der Waals surface area contributed by atoms with Crippen molar-refractivity contribution in [2.45, 2.75) is 261 Å². The summed E-state index contributed by atoms with van der Waals surface area (Å²) in [4.78, 5) is 105. The second-order valence-electron chi connectivity index (χ2n) is 26.3. The van der Waals surface area contributed by atoms with E-state index in [-0.39, 0.29) is 84.3 Å². The number of alkyl carbamates (subject to hydrolysis) is 1. The maximum absolute atomic E-state index is 14.0. The summed E-state index contributed by atoms with van der Waals surface area (Å²) in [5.74, 6) is -3.11. The lowest BCUT2D eigenvalue weighted by molar-refractivity contribution is -0.163. The molecule has 0 aliphatic heterocycles. The molecule has 0 aliphatic rings. The molecule has 0 radical (unpaired) electrons. The van der Waals surface area contributed by atoms with Crippen molar-refractivity contribution in [3.05, 3.63) is 33.4 Å². The van der Waals surface area contributed by atoms with Crippen molar-refractivity contribution in [2.24, 2.45) is 16.2 Å². The quantitative estimate of drug-likeness (QED) is 0.0149. The fourth-order valence-electron chi connectivity index (χ4n) is 8.33. The number of carbonyl (C=O) groups excluding carboxylic acids is 8. The van der Waals surface area contributed by atoms with Gasteiger partial charge in [-0.15, -0.1) is 0 Å². The molecule has 0 heterocycles. The molecule has 7 amide bonds. The predicted molar refractivity (Wildman–Crippen MR) is 319 cm³/mol. The van der Waals surface area contributed by atoms with E-state index in [4.69, 9.17) is 9.47 Å². The van der Waals surface area contributed by atoms with Crippen molar-refractivity contribution in [2.75, 3.05) is 19.6 Å². The summed E-state index contributed by atoms with van der Waals surface area (Å²) in [5.41, 5.74) is -0.670. The van der Waals surface area contributed by atoms with Crippen LogP contribution in [0.2, 0.25) is 0 Å². The molecule has 1 aromatic carbocycles. The Morgan fingerprint density at radius 1 is 0.474 bits per heavy atom. The molecule has 0 spiro atoms. The molecule has 0 unspecified atom stereocenters. The standard InChI is InChI=1S/C60H104IN7O10/c1-56(2,3)38-37-47(58(7,8)9)68-54(75)67-46(57(4,5)6)35-36-49(70)63-39-22-18-16-17-19-29-50(71)65-45(28-21-24-41-64-55(76)78-60(13,14)15)52(73)66-44(51(72)53(74)77-59(10,11)12)27-20-23-40-62-48(69)30-25-26-42-31-33-43(61)34-32-42/h31-34,44-47H,16-30,35-41H2,1-15H3,(H,62,69)(H,63,70)(H,64,76)(H,65,71)(H,66,73)(H2,67,68,75)/t44-,45-,46-,47-/m0/s1. The van der Waals surface area contributed by atoms with Crippen molar-refractivity contribution >= 4 is 70.1 Å². The first-order valence-electron chi connectivity index (χ1n) is 28.7. The van der Waals surface area contributed by atoms with Gasteiger partial charge in [0.1, 0.15) is 17.2 Å². The third-order valence-electron chi connectivity index (χ3n) is 12.9. The zero-order valence-corrected chi connectivity index (χ0v) is 52.8. The number of halogens is 1. The Morgan fingerprint density at radius 2 is 0.949 bits per heavy atom. The minimum atomic E-state index is -1.24. The predicted octanol–water partition coefficient (Wildman–Crippen LogP) is 10.7. The van der Waals surface area contributed by atoms with E-state index in [9.17, 15) is 38.4 Å². The fraction of sp³-hybridized carbons (Fsp3) is 0.767. The first kappa shape index (κ1) is 71.5. The molecule has 446 valence electrons. The van der Waals surface area contributed by atoms with Crippen LogP contribution in [0.4, 0.5) is 9.59 Å². The van der Waals surface area contributed by atoms with Gasteiger partial charge >= 0.3 is 18.1 Å². The van der Waals surface area contributed by atoms with E-state index in [1.807, 2.05) is 12.1 Å². The Bertz CT molecular complexity index is 2010. The van der Waals surface area contributed by atoms with Gasteiger partial charge in [-0.1, -0.05) is 93.7 Å². The molecule has 0 aromatic heterocycles. The Kier molecular flexibility index (Phi) is 32.4. The van der Waals surface area contributed by atoms with Gasteiger partial charge < -0.3 is 46.7 Å². The SMILES string of the molecule is CC(C)(C)CC[C@H](NC(=O)N[C@@H](CCC(=O)NCCCCCCCC(=O)N[C@@H](CCCCNC(=O)OC(C)(C)C)C(=O)N[C@@H](CCCCNC(=O)CCCc1ccc(I)cc1)C(=O)C(=O)OC(C)(C)C)C(C)(C)C)C(C)(C)C. The number of carbonyl (C=O) groups is 8. The van der Waals surface area contributed by atoms with Gasteiger partial charge in [-0.25, -0.2) is 14.4 Å². The van der Waals surface area contributed by atoms with Crippen LogP contribution in [0.15, 0.2) is 24.3 Å². The van der Waals surface area contributed by atoms with Crippen LogP contribution >= 0.6 is 22.6 Å². The number of benzene rings is 1. The molecule has 78 heavy (non-hydrogen) atoms. The molecule has 4 atom stereocenters. The fourth-order valence-corrected chi connectivity index (χ4v) is 8.69. The van der Waals surface area contributed by atoms with E-state index in [0.29, 0.717) is 64.5 Å². The van der Waals surface area contributed by atoms with Crippen molar-refractivity contribution in [3.63, 3.8) is 0 Å². The second-order valence-corrected chi connectivity index (χ2v) is 27.5. The molecule has 1 rings (SSSR count). The van der Waals surface area contributed by atoms with Crippen LogP contribution in [0, 0.1) is 19.8 Å². The molecule has 0 aliphatic carbocycles. The summed E-state index contributed by atoms with van der Waals surface area (Å²) in [6.07, 6.45) is 9.94. The van der Waals surface area contributed by atoms with Crippen LogP contribution in [-0.4, -0.2) is 103 Å². The lowest BCUT2D eigenvalue weighted by Gasteiger charge is -2.36. The van der Waals surface area contributed by atoms with Gasteiger partial charge in [0, 0.05) is 54.6 Å². The third-order valence-corrected chi connectivity index (χ3v) is 13.7. The van der Waals surface area contributed by atoms with E-state index in [1.54, 1.807) is 41.5 Å². The van der Waals surface area contributed by atoms with Gasteiger partial charge in [0.25, 0.3) is 5.78 Å². The van der Waals surface area contributed by atoms with Crippen LogP contribution in [0.25, 0.3) is 0 Å². The van der Waals surface area contributed by atoms with Gasteiger partial charge in [0.15, 0.2) is 0 Å². The Balaban J connectivity index is 2.81. The summed E-state index contributed by atoms with van der Waals surface area (Å²) in [7, 11) is 0. The molecule has 18 heteroatoms. The molecular weight excluding hydrogens is 1110 g/mol. The summed E-state index contributed by atoms with van der Waals surface area (Å²) in [6.45, 7) is 30.6. The second kappa shape index (κ2) is 35.3. The van der Waals surface area contributed by atoms with E-state index in [2.05, 4.69) is 134 Å². The molecule has 1 aromatic rings. The Labute approximate surface area is 483 Å². The highest BCUT2D eigenvalue weighted by Gasteiger charge is 2.34. The van der Waals surface area contributed by atoms with Crippen LogP contribution in [-0.2, 0) is 44.7 Å². The minimum Gasteiger partial charge on any atom is -0.454 e. The molecular formula is C60H104IN7O10. The number of hydrogen-bond donors (Lipinski definition) is 7. The lowest BCUT2D eigenvalue weighted by atomic mass is 9.79. The van der Waals surface area contributed by atoms with Gasteiger partial charge in [-0.05, 0) is 182 Å². The number of unbranched alkanes of at least 4 members (excludes halogenated alkanes) is 6. The highest BCUT2D eigenvalue weighted by molar-refractivity contribution is 14.1. The number of hydrogen-bond acceptors (Lipinski definition) is 10. The van der Waals surface area contributed by atoms with E-state index < -0.39 is 47.0 Å². The van der Waals surface area contributed by atoms with Crippen molar-refractivity contribution in [3.8, 4) is 0 Å². The van der Waals surface area contributed by atoms with E-state index in [0.717, 1.165) is 48.5 Å². The molecule has 7 N–H and O–H groups in total. The monoisotopic (exact) mass is 1210 g/mol. The van der Waals surface area contributed by atoms with Crippen LogP contribution < -0.4 is 37.2 Å². The highest BCUT2D eigenvalue weighted by atomic mass is 127. The topological polar surface area (TPSA) is 239 Å². The van der Waals surface area contributed by atoms with Crippen molar-refractivity contribution in [1.82, 2.24) is 37.2 Å². The minimum absolute atomic E-state index is 0.000817. The highest BCUT2D eigenvalue weighted by Crippen LogP contribution is 2.29. The van der Waals surface area contributed by atoms with Crippen molar-refractivity contribution in [1.29, 1.82) is 0 Å². The molecule has 0 fully saturated rings. The molecule has 0 saturated heterocycles. The van der Waals surface area contributed by atoms with Crippen molar-refractivity contribution < 1.29 is 47.8 Å². The number of ether oxygens (including phenoxy) is 2. The molecule has 0 saturated carbocycles. The maximum atomic E-state index is 14.0. The Morgan fingerprint density at radius 3 is 1.49 bits per heavy atom. The molecule has 17 nitrogen and oxygen atoms in total. The summed E-state index contributed by atoms with van der Waals surface area (Å²) in [5, 5.41) is 20.6. The van der Waals surface area contributed by atoms with Crippen LogP contribution in [0.1, 0.15) is 225 Å². The zero-order valence-electron chi connectivity index (χ0n) is 50.6. The van der Waals surface area contributed by atoms with E-state index >= 15 is 0 Å². The summed E-state index contributed by atoms with van der Waals surface area (Å²) in [6, 6.07) is 5.49.